The van der Waals surface area contributed by atoms with Gasteiger partial charge in [0.05, 0.1) is 0 Å². The maximum absolute atomic E-state index is 11.9. The highest BCUT2D eigenvalue weighted by atomic mass is 79.9. The molecule has 1 aliphatic heterocycles. The van der Waals surface area contributed by atoms with Crippen molar-refractivity contribution in [2.45, 2.75) is 4.90 Å². The van der Waals surface area contributed by atoms with Gasteiger partial charge in [-0.05, 0) is 48.2 Å². The first-order valence-electron chi connectivity index (χ1n) is 6.58. The third kappa shape index (κ3) is 3.31. The number of thioether (sulfide) groups is 1. The van der Waals surface area contributed by atoms with Crippen LogP contribution in [0.25, 0.3) is 6.08 Å². The fraction of sp³-hybridized carbons (Fsp3) is 0.0588. The molecule has 0 fully saturated rings. The molecule has 0 spiro atoms. The number of rotatable bonds is 3. The molecule has 0 atom stereocenters. The number of nitrogens with zero attached hydrogens (tertiary/aromatic N) is 1. The van der Waals surface area contributed by atoms with Crippen molar-refractivity contribution in [3.05, 3.63) is 69.8 Å². The van der Waals surface area contributed by atoms with Crippen LogP contribution in [-0.2, 0) is 9.53 Å². The summed E-state index contributed by atoms with van der Waals surface area (Å²) in [4.78, 5) is 17.4. The molecule has 22 heavy (non-hydrogen) atoms. The second-order valence-corrected chi connectivity index (χ2v) is 6.41. The normalized spacial score (nSPS) is 15.8. The zero-order chi connectivity index (χ0) is 15.5. The van der Waals surface area contributed by atoms with E-state index in [0.717, 1.165) is 15.6 Å². The average Bonchev–Trinajstić information content (AvgIpc) is 2.89. The number of esters is 1. The first kappa shape index (κ1) is 15.1. The number of carbonyl (C=O) groups is 1. The summed E-state index contributed by atoms with van der Waals surface area (Å²) in [5.41, 5.74) is 2.00. The summed E-state index contributed by atoms with van der Waals surface area (Å²) in [7, 11) is 0. The fourth-order valence-electron chi connectivity index (χ4n) is 2.01. The van der Waals surface area contributed by atoms with Crippen LogP contribution < -0.4 is 0 Å². The number of hydrogen-bond donors (Lipinski definition) is 0. The number of halogens is 1. The van der Waals surface area contributed by atoms with E-state index in [-0.39, 0.29) is 0 Å². The van der Waals surface area contributed by atoms with Crippen LogP contribution in [0.1, 0.15) is 11.1 Å². The van der Waals surface area contributed by atoms with E-state index in [1.807, 2.05) is 54.8 Å². The molecular formula is C17H12BrNO2S. The summed E-state index contributed by atoms with van der Waals surface area (Å²) in [6, 6.07) is 15.4. The van der Waals surface area contributed by atoms with E-state index in [0.29, 0.717) is 11.6 Å². The van der Waals surface area contributed by atoms with Crippen LogP contribution in [-0.4, -0.2) is 18.1 Å². The lowest BCUT2D eigenvalue weighted by Crippen LogP contribution is -2.05. The Balaban J connectivity index is 1.90. The molecule has 5 heteroatoms. The minimum Gasteiger partial charge on any atom is -0.402 e. The number of aliphatic imine (C=N–C) groups is 1. The van der Waals surface area contributed by atoms with Crippen molar-refractivity contribution in [1.29, 1.82) is 0 Å². The quantitative estimate of drug-likeness (QED) is 0.451. The Kier molecular flexibility index (Phi) is 4.45. The number of hydrogen-bond acceptors (Lipinski definition) is 4. The van der Waals surface area contributed by atoms with Crippen LogP contribution in [0.2, 0.25) is 0 Å². The van der Waals surface area contributed by atoms with Crippen molar-refractivity contribution in [1.82, 2.24) is 0 Å². The van der Waals surface area contributed by atoms with Crippen molar-refractivity contribution in [3.8, 4) is 0 Å². The van der Waals surface area contributed by atoms with Gasteiger partial charge in [0.1, 0.15) is 0 Å². The Hall–Kier alpha value is -1.85. The maximum Gasteiger partial charge on any atom is 0.363 e. The second kappa shape index (κ2) is 6.50. The molecule has 3 rings (SSSR count). The lowest BCUT2D eigenvalue weighted by Gasteiger charge is -1.99. The van der Waals surface area contributed by atoms with E-state index in [1.165, 1.54) is 4.90 Å². The van der Waals surface area contributed by atoms with Gasteiger partial charge in [-0.1, -0.05) is 34.1 Å². The predicted octanol–water partition coefficient (Wildman–Crippen LogP) is 4.52. The van der Waals surface area contributed by atoms with Gasteiger partial charge < -0.3 is 4.74 Å². The fourth-order valence-corrected chi connectivity index (χ4v) is 2.82. The highest BCUT2D eigenvalue weighted by Gasteiger charge is 2.24. The van der Waals surface area contributed by atoms with E-state index in [9.17, 15) is 4.79 Å². The third-order valence-corrected chi connectivity index (χ3v) is 4.35. The summed E-state index contributed by atoms with van der Waals surface area (Å²) < 4.78 is 6.16. The molecule has 0 aromatic heterocycles. The number of carbonyl (C=O) groups excluding carboxylic acids is 1. The standard InChI is InChI=1S/C17H12BrNO2S/c1-22-14-7-5-11(6-8-14)9-15-17(20)21-16(19-15)12-3-2-4-13(18)10-12/h2-10H,1H3/b15-9-. The van der Waals surface area contributed by atoms with Crippen LogP contribution in [0.3, 0.4) is 0 Å². The largest absolute Gasteiger partial charge is 0.402 e. The monoisotopic (exact) mass is 373 g/mol. The Bertz CT molecular complexity index is 782. The molecule has 0 unspecified atom stereocenters. The van der Waals surface area contributed by atoms with E-state index in [2.05, 4.69) is 20.9 Å². The van der Waals surface area contributed by atoms with Crippen molar-refractivity contribution < 1.29 is 9.53 Å². The minimum atomic E-state index is -0.427. The van der Waals surface area contributed by atoms with Crippen molar-refractivity contribution in [3.63, 3.8) is 0 Å². The molecule has 1 heterocycles. The first-order valence-corrected chi connectivity index (χ1v) is 8.60. The van der Waals surface area contributed by atoms with Gasteiger partial charge in [0.15, 0.2) is 5.70 Å². The third-order valence-electron chi connectivity index (χ3n) is 3.11. The first-order chi connectivity index (χ1) is 10.7. The minimum absolute atomic E-state index is 0.312. The summed E-state index contributed by atoms with van der Waals surface area (Å²) in [6.07, 6.45) is 3.76. The second-order valence-electron chi connectivity index (χ2n) is 4.62. The Morgan fingerprint density at radius 3 is 2.64 bits per heavy atom. The summed E-state index contributed by atoms with van der Waals surface area (Å²) in [6.45, 7) is 0. The van der Waals surface area contributed by atoms with Crippen LogP contribution >= 0.6 is 27.7 Å². The van der Waals surface area contributed by atoms with E-state index in [4.69, 9.17) is 4.74 Å². The molecule has 110 valence electrons. The van der Waals surface area contributed by atoms with Crippen LogP contribution in [0.5, 0.6) is 0 Å². The molecule has 0 bridgehead atoms. The Labute approximate surface area is 141 Å². The molecule has 2 aromatic carbocycles. The highest BCUT2D eigenvalue weighted by molar-refractivity contribution is 9.10. The Morgan fingerprint density at radius 1 is 1.18 bits per heavy atom. The molecule has 1 aliphatic rings. The zero-order valence-electron chi connectivity index (χ0n) is 11.7. The molecular weight excluding hydrogens is 362 g/mol. The zero-order valence-corrected chi connectivity index (χ0v) is 14.1. The highest BCUT2D eigenvalue weighted by Crippen LogP contribution is 2.22. The molecule has 0 saturated carbocycles. The van der Waals surface area contributed by atoms with E-state index < -0.39 is 5.97 Å². The van der Waals surface area contributed by atoms with Gasteiger partial charge in [0.2, 0.25) is 5.90 Å². The van der Waals surface area contributed by atoms with Crippen molar-refractivity contribution in [2.24, 2.45) is 4.99 Å². The smallest absolute Gasteiger partial charge is 0.363 e. The molecule has 2 aromatic rings. The topological polar surface area (TPSA) is 38.7 Å². The predicted molar refractivity (Wildman–Crippen MR) is 93.0 cm³/mol. The van der Waals surface area contributed by atoms with Gasteiger partial charge in [-0.3, -0.25) is 0 Å². The van der Waals surface area contributed by atoms with Crippen LogP contribution in [0.15, 0.2) is 68.6 Å². The molecule has 0 radical (unpaired) electrons. The van der Waals surface area contributed by atoms with Gasteiger partial charge >= 0.3 is 5.97 Å². The SMILES string of the molecule is CSc1ccc(/C=C2\N=C(c3cccc(Br)c3)OC2=O)cc1. The Morgan fingerprint density at radius 2 is 1.95 bits per heavy atom. The van der Waals surface area contributed by atoms with E-state index >= 15 is 0 Å². The molecule has 0 N–H and O–H groups in total. The van der Waals surface area contributed by atoms with Crippen molar-refractivity contribution in [2.75, 3.05) is 6.26 Å². The van der Waals surface area contributed by atoms with Gasteiger partial charge in [-0.25, -0.2) is 9.79 Å². The van der Waals surface area contributed by atoms with Gasteiger partial charge in [-0.2, -0.15) is 0 Å². The number of ether oxygens (including phenoxy) is 1. The molecule has 0 aliphatic carbocycles. The summed E-state index contributed by atoms with van der Waals surface area (Å²) in [5.74, 6) is -0.0952. The molecule has 3 nitrogen and oxygen atoms in total. The van der Waals surface area contributed by atoms with Gasteiger partial charge in [-0.15, -0.1) is 11.8 Å². The number of cyclic esters (lactones) is 1. The maximum atomic E-state index is 11.9. The molecule has 0 saturated heterocycles. The number of benzene rings is 2. The van der Waals surface area contributed by atoms with Crippen LogP contribution in [0.4, 0.5) is 0 Å². The lowest BCUT2D eigenvalue weighted by molar-refractivity contribution is -0.129. The summed E-state index contributed by atoms with van der Waals surface area (Å²) in [5, 5.41) is 0. The van der Waals surface area contributed by atoms with Gasteiger partial charge in [0, 0.05) is 14.9 Å². The van der Waals surface area contributed by atoms with E-state index in [1.54, 1.807) is 17.8 Å². The van der Waals surface area contributed by atoms with Crippen LogP contribution in [0, 0.1) is 0 Å². The summed E-state index contributed by atoms with van der Waals surface area (Å²) >= 11 is 5.07. The van der Waals surface area contributed by atoms with Gasteiger partial charge in [0.25, 0.3) is 0 Å². The molecule has 0 amide bonds. The lowest BCUT2D eigenvalue weighted by atomic mass is 10.2. The average molecular weight is 374 g/mol. The van der Waals surface area contributed by atoms with Crippen molar-refractivity contribution >= 4 is 45.6 Å².